The van der Waals surface area contributed by atoms with Crippen LogP contribution in [0.15, 0.2) is 57.8 Å². The molecule has 3 aromatic rings. The van der Waals surface area contributed by atoms with Gasteiger partial charge in [-0.15, -0.1) is 0 Å². The van der Waals surface area contributed by atoms with Crippen LogP contribution < -0.4 is 10.1 Å². The molecule has 0 saturated heterocycles. The first-order chi connectivity index (χ1) is 11.3. The number of hydrogen-bond acceptors (Lipinski definition) is 5. The lowest BCUT2D eigenvalue weighted by molar-refractivity contribution is -0.112. The molecule has 0 aliphatic rings. The summed E-state index contributed by atoms with van der Waals surface area (Å²) in [5, 5.41) is 10.5. The van der Waals surface area contributed by atoms with Crippen LogP contribution in [0, 0.1) is 0 Å². The highest BCUT2D eigenvalue weighted by atomic mass is 32.1. The molecule has 23 heavy (non-hydrogen) atoms. The Balaban J connectivity index is 1.67. The number of nitrogens with zero attached hydrogens (tertiary/aromatic N) is 1. The third-order valence-corrected chi connectivity index (χ3v) is 3.81. The molecule has 0 radical (unpaired) electrons. The lowest BCUT2D eigenvalue weighted by Crippen LogP contribution is -2.06. The molecule has 2 aromatic heterocycles. The summed E-state index contributed by atoms with van der Waals surface area (Å²) in [6.45, 7) is 0. The number of anilines is 1. The number of carbonyl (C=O) groups is 1. The molecule has 0 atom stereocenters. The minimum absolute atomic E-state index is 0.302. The van der Waals surface area contributed by atoms with E-state index in [1.807, 2.05) is 41.1 Å². The van der Waals surface area contributed by atoms with Gasteiger partial charge in [-0.05, 0) is 23.6 Å². The van der Waals surface area contributed by atoms with Crippen molar-refractivity contribution in [2.24, 2.45) is 0 Å². The smallest absolute Gasteiger partial charge is 0.250 e. The Labute approximate surface area is 137 Å². The van der Waals surface area contributed by atoms with E-state index >= 15 is 0 Å². The van der Waals surface area contributed by atoms with Gasteiger partial charge in [0.05, 0.1) is 7.11 Å². The summed E-state index contributed by atoms with van der Waals surface area (Å²) in [6.07, 6.45) is 3.11. The van der Waals surface area contributed by atoms with Crippen molar-refractivity contribution in [3.63, 3.8) is 0 Å². The number of para-hydroxylation sites is 1. The van der Waals surface area contributed by atoms with Crippen molar-refractivity contribution < 1.29 is 14.1 Å². The molecule has 0 unspecified atom stereocenters. The monoisotopic (exact) mass is 326 g/mol. The van der Waals surface area contributed by atoms with Gasteiger partial charge in [0.25, 0.3) is 5.91 Å². The summed E-state index contributed by atoms with van der Waals surface area (Å²) in [4.78, 5) is 12.0. The SMILES string of the molecule is COc1ccccc1C=CC(=O)Nc1cc(-c2ccsc2)no1. The summed E-state index contributed by atoms with van der Waals surface area (Å²) in [5.74, 6) is 0.709. The van der Waals surface area contributed by atoms with Crippen LogP contribution in [0.4, 0.5) is 5.88 Å². The van der Waals surface area contributed by atoms with Gasteiger partial charge in [0.1, 0.15) is 11.4 Å². The molecule has 6 heteroatoms. The van der Waals surface area contributed by atoms with E-state index in [1.54, 1.807) is 30.6 Å². The molecular weight excluding hydrogens is 312 g/mol. The van der Waals surface area contributed by atoms with Crippen LogP contribution in [0.25, 0.3) is 17.3 Å². The van der Waals surface area contributed by atoms with E-state index in [1.165, 1.54) is 6.08 Å². The first kappa shape index (κ1) is 15.1. The lowest BCUT2D eigenvalue weighted by Gasteiger charge is -2.03. The second-order valence-electron chi connectivity index (χ2n) is 4.65. The van der Waals surface area contributed by atoms with Gasteiger partial charge in [-0.25, -0.2) is 0 Å². The number of aromatic nitrogens is 1. The van der Waals surface area contributed by atoms with Crippen LogP contribution in [0.2, 0.25) is 0 Å². The Morgan fingerprint density at radius 1 is 1.35 bits per heavy atom. The Kier molecular flexibility index (Phi) is 4.54. The van der Waals surface area contributed by atoms with Gasteiger partial charge < -0.3 is 9.26 Å². The lowest BCUT2D eigenvalue weighted by atomic mass is 10.2. The van der Waals surface area contributed by atoms with Crippen molar-refractivity contribution in [3.05, 3.63) is 58.8 Å². The summed E-state index contributed by atoms with van der Waals surface area (Å²) in [7, 11) is 1.59. The van der Waals surface area contributed by atoms with Crippen LogP contribution in [0.1, 0.15) is 5.56 Å². The summed E-state index contributed by atoms with van der Waals surface area (Å²) in [6, 6.07) is 11.1. The predicted octanol–water partition coefficient (Wildman–Crippen LogP) is 4.06. The van der Waals surface area contributed by atoms with Crippen LogP contribution in [-0.2, 0) is 4.79 Å². The van der Waals surface area contributed by atoms with Crippen LogP contribution in [0.5, 0.6) is 5.75 Å². The normalized spacial score (nSPS) is 10.8. The van der Waals surface area contributed by atoms with Crippen LogP contribution in [-0.4, -0.2) is 18.2 Å². The van der Waals surface area contributed by atoms with Gasteiger partial charge in [-0.3, -0.25) is 10.1 Å². The molecule has 3 rings (SSSR count). The van der Waals surface area contributed by atoms with Gasteiger partial charge in [0.15, 0.2) is 0 Å². The molecule has 0 aliphatic carbocycles. The zero-order chi connectivity index (χ0) is 16.1. The Morgan fingerprint density at radius 2 is 2.22 bits per heavy atom. The van der Waals surface area contributed by atoms with E-state index < -0.39 is 0 Å². The van der Waals surface area contributed by atoms with Gasteiger partial charge in [-0.2, -0.15) is 11.3 Å². The molecular formula is C17H14N2O3S. The molecule has 1 aromatic carbocycles. The predicted molar refractivity (Wildman–Crippen MR) is 90.5 cm³/mol. The van der Waals surface area contributed by atoms with Crippen molar-refractivity contribution in [3.8, 4) is 17.0 Å². The third kappa shape index (κ3) is 3.67. The fourth-order valence-corrected chi connectivity index (χ4v) is 2.66. The maximum absolute atomic E-state index is 12.0. The minimum atomic E-state index is -0.302. The maximum Gasteiger partial charge on any atom is 0.250 e. The summed E-state index contributed by atoms with van der Waals surface area (Å²) >= 11 is 1.57. The average molecular weight is 326 g/mol. The number of rotatable bonds is 5. The molecule has 5 nitrogen and oxygen atoms in total. The zero-order valence-corrected chi connectivity index (χ0v) is 13.2. The second kappa shape index (κ2) is 6.93. The number of carbonyl (C=O) groups excluding carboxylic acids is 1. The molecule has 0 saturated carbocycles. The molecule has 116 valence electrons. The van der Waals surface area contributed by atoms with Crippen molar-refractivity contribution in [2.45, 2.75) is 0 Å². The van der Waals surface area contributed by atoms with Crippen LogP contribution in [0.3, 0.4) is 0 Å². The van der Waals surface area contributed by atoms with Crippen LogP contribution >= 0.6 is 11.3 Å². The number of nitrogens with one attached hydrogen (secondary N) is 1. The van der Waals surface area contributed by atoms with E-state index in [-0.39, 0.29) is 5.91 Å². The van der Waals surface area contributed by atoms with Crippen molar-refractivity contribution in [1.29, 1.82) is 0 Å². The number of benzene rings is 1. The second-order valence-corrected chi connectivity index (χ2v) is 5.43. The van der Waals surface area contributed by atoms with Gasteiger partial charge in [-0.1, -0.05) is 23.4 Å². The highest BCUT2D eigenvalue weighted by molar-refractivity contribution is 7.08. The molecule has 0 fully saturated rings. The van der Waals surface area contributed by atoms with Crippen molar-refractivity contribution >= 4 is 29.2 Å². The highest BCUT2D eigenvalue weighted by Gasteiger charge is 2.08. The van der Waals surface area contributed by atoms with E-state index in [0.717, 1.165) is 11.1 Å². The van der Waals surface area contributed by atoms with Gasteiger partial charge in [0.2, 0.25) is 5.88 Å². The molecule has 0 spiro atoms. The summed E-state index contributed by atoms with van der Waals surface area (Å²) in [5.41, 5.74) is 2.47. The molecule has 2 heterocycles. The van der Waals surface area contributed by atoms with E-state index in [9.17, 15) is 4.79 Å². The summed E-state index contributed by atoms with van der Waals surface area (Å²) < 4.78 is 10.4. The van der Waals surface area contributed by atoms with Gasteiger partial charge >= 0.3 is 0 Å². The Morgan fingerprint density at radius 3 is 3.00 bits per heavy atom. The minimum Gasteiger partial charge on any atom is -0.496 e. The molecule has 0 aliphatic heterocycles. The number of ether oxygens (including phenoxy) is 1. The topological polar surface area (TPSA) is 64.4 Å². The maximum atomic E-state index is 12.0. The molecule has 1 amide bonds. The Bertz CT molecular complexity index is 822. The number of hydrogen-bond donors (Lipinski definition) is 1. The Hall–Kier alpha value is -2.86. The fraction of sp³-hybridized carbons (Fsp3) is 0.0588. The number of methoxy groups -OCH3 is 1. The largest absolute Gasteiger partial charge is 0.496 e. The zero-order valence-electron chi connectivity index (χ0n) is 12.4. The molecule has 0 bridgehead atoms. The first-order valence-corrected chi connectivity index (χ1v) is 7.82. The highest BCUT2D eigenvalue weighted by Crippen LogP contribution is 2.24. The van der Waals surface area contributed by atoms with Crippen molar-refractivity contribution in [1.82, 2.24) is 5.16 Å². The van der Waals surface area contributed by atoms with Crippen molar-refractivity contribution in [2.75, 3.05) is 12.4 Å². The first-order valence-electron chi connectivity index (χ1n) is 6.87. The van der Waals surface area contributed by atoms with E-state index in [0.29, 0.717) is 17.3 Å². The third-order valence-electron chi connectivity index (χ3n) is 3.13. The standard InChI is InChI=1S/C17H14N2O3S/c1-21-15-5-3-2-4-12(15)6-7-16(20)18-17-10-14(19-22-17)13-8-9-23-11-13/h2-11H,1H3,(H,18,20). The van der Waals surface area contributed by atoms with E-state index in [4.69, 9.17) is 9.26 Å². The number of thiophene rings is 1. The average Bonchev–Trinajstić information content (AvgIpc) is 3.24. The van der Waals surface area contributed by atoms with Gasteiger partial charge in [0, 0.05) is 28.6 Å². The fourth-order valence-electron chi connectivity index (χ4n) is 2.01. The van der Waals surface area contributed by atoms with E-state index in [2.05, 4.69) is 10.5 Å². The quantitative estimate of drug-likeness (QED) is 0.718. The molecule has 1 N–H and O–H groups in total. The number of amides is 1.